The van der Waals surface area contributed by atoms with Gasteiger partial charge in [0.2, 0.25) is 15.8 Å². The number of sulfone groups is 1. The lowest BCUT2D eigenvalue weighted by Crippen LogP contribution is -2.32. The van der Waals surface area contributed by atoms with E-state index in [1.807, 2.05) is 0 Å². The number of nitrogens with zero attached hydrogens (tertiary/aromatic N) is 3. The molecule has 11 heteroatoms. The van der Waals surface area contributed by atoms with Gasteiger partial charge in [0.25, 0.3) is 0 Å². The molecule has 156 valence electrons. The minimum Gasteiger partial charge on any atom is -0.352 e. The fourth-order valence-corrected chi connectivity index (χ4v) is 6.28. The highest BCUT2D eigenvalue weighted by Gasteiger charge is 2.25. The molecule has 0 saturated carbocycles. The third-order valence-corrected chi connectivity index (χ3v) is 7.98. The first-order valence-electron chi connectivity index (χ1n) is 9.14. The zero-order chi connectivity index (χ0) is 21.1. The van der Waals surface area contributed by atoms with Gasteiger partial charge in [0.1, 0.15) is 5.69 Å². The van der Waals surface area contributed by atoms with Crippen LogP contribution in [-0.2, 0) is 9.84 Å². The van der Waals surface area contributed by atoms with Gasteiger partial charge in [0.15, 0.2) is 0 Å². The molecule has 1 fully saturated rings. The van der Waals surface area contributed by atoms with Gasteiger partial charge in [0, 0.05) is 32.4 Å². The van der Waals surface area contributed by atoms with E-state index in [2.05, 4.69) is 36.5 Å². The Balaban J connectivity index is 1.59. The van der Waals surface area contributed by atoms with Crippen molar-refractivity contribution in [2.75, 3.05) is 31.5 Å². The largest absolute Gasteiger partial charge is 0.352 e. The lowest BCUT2D eigenvalue weighted by atomic mass is 10.3. The second kappa shape index (κ2) is 8.70. The summed E-state index contributed by atoms with van der Waals surface area (Å²) in [4.78, 5) is 23.1. The summed E-state index contributed by atoms with van der Waals surface area (Å²) in [5.74, 6) is 0.365. The molecule has 0 atom stereocenters. The number of hydrogen-bond acceptors (Lipinski definition) is 7. The van der Waals surface area contributed by atoms with Crippen LogP contribution in [0.3, 0.4) is 0 Å². The van der Waals surface area contributed by atoms with Crippen LogP contribution in [0.15, 0.2) is 62.2 Å². The van der Waals surface area contributed by atoms with Crippen molar-refractivity contribution in [3.8, 4) is 10.6 Å². The smallest absolute Gasteiger partial charge is 0.317 e. The Bertz CT molecular complexity index is 1170. The summed E-state index contributed by atoms with van der Waals surface area (Å²) in [6.45, 7) is 2.32. The van der Waals surface area contributed by atoms with E-state index < -0.39 is 9.84 Å². The molecule has 0 bridgehead atoms. The molecule has 0 radical (unpaired) electrons. The molecule has 3 heterocycles. The average Bonchev–Trinajstić information content (AvgIpc) is 3.40. The molecule has 1 aliphatic heterocycles. The topological polar surface area (TPSA) is 104 Å². The number of amides is 2. The number of benzene rings is 1. The summed E-state index contributed by atoms with van der Waals surface area (Å²) in [7, 11) is -3.68. The zero-order valence-corrected chi connectivity index (χ0v) is 18.9. The van der Waals surface area contributed by atoms with Gasteiger partial charge in [-0.2, -0.15) is 0 Å². The summed E-state index contributed by atoms with van der Waals surface area (Å²) in [6, 6.07) is 9.84. The van der Waals surface area contributed by atoms with Crippen molar-refractivity contribution in [1.29, 1.82) is 0 Å². The number of urea groups is 1. The van der Waals surface area contributed by atoms with E-state index >= 15 is 0 Å². The molecule has 1 aliphatic rings. The summed E-state index contributed by atoms with van der Waals surface area (Å²) in [5.41, 5.74) is 0.496. The standard InChI is InChI=1S/C19H18BrN5O3S2/c20-14-12-23-18(21-7-9-25-10-8-22-19(25)26)24-16(14)17-15(6-11-29-17)30(27,28)13-4-2-1-3-5-13/h1-6,11-12H,7-10H2,(H,22,26)(H,21,23,24). The van der Waals surface area contributed by atoms with Crippen molar-refractivity contribution in [2.45, 2.75) is 9.79 Å². The highest BCUT2D eigenvalue weighted by atomic mass is 79.9. The molecule has 30 heavy (non-hydrogen) atoms. The molecular weight excluding hydrogens is 490 g/mol. The molecular formula is C19H18BrN5O3S2. The first-order valence-corrected chi connectivity index (χ1v) is 12.3. The zero-order valence-electron chi connectivity index (χ0n) is 15.7. The minimum absolute atomic E-state index is 0.0800. The maximum absolute atomic E-state index is 13.1. The minimum atomic E-state index is -3.68. The second-order valence-corrected chi connectivity index (χ2v) is 10.2. The van der Waals surface area contributed by atoms with Crippen LogP contribution in [0.4, 0.5) is 10.7 Å². The quantitative estimate of drug-likeness (QED) is 0.508. The predicted octanol–water partition coefficient (Wildman–Crippen LogP) is 3.24. The number of rotatable bonds is 7. The summed E-state index contributed by atoms with van der Waals surface area (Å²) < 4.78 is 26.8. The van der Waals surface area contributed by atoms with Gasteiger partial charge in [-0.15, -0.1) is 11.3 Å². The number of hydrogen-bond donors (Lipinski definition) is 2. The van der Waals surface area contributed by atoms with Gasteiger partial charge < -0.3 is 15.5 Å². The molecule has 1 saturated heterocycles. The summed E-state index contributed by atoms with van der Waals surface area (Å²) in [5, 5.41) is 7.59. The molecule has 2 N–H and O–H groups in total. The summed E-state index contributed by atoms with van der Waals surface area (Å²) >= 11 is 4.74. The van der Waals surface area contributed by atoms with E-state index in [4.69, 9.17) is 0 Å². The average molecular weight is 508 g/mol. The number of aromatic nitrogens is 2. The number of nitrogens with one attached hydrogen (secondary N) is 2. The SMILES string of the molecule is O=C1NCCN1CCNc1ncc(Br)c(-c2sccc2S(=O)(=O)c2ccccc2)n1. The second-order valence-electron chi connectivity index (χ2n) is 6.47. The number of anilines is 1. The van der Waals surface area contributed by atoms with Gasteiger partial charge in [0.05, 0.1) is 19.1 Å². The molecule has 8 nitrogen and oxygen atoms in total. The van der Waals surface area contributed by atoms with Crippen LogP contribution < -0.4 is 10.6 Å². The van der Waals surface area contributed by atoms with Crippen molar-refractivity contribution >= 4 is 49.1 Å². The molecule has 1 aromatic carbocycles. The molecule has 2 amide bonds. The van der Waals surface area contributed by atoms with Crippen molar-refractivity contribution in [3.05, 3.63) is 52.4 Å². The molecule has 3 aromatic rings. The monoisotopic (exact) mass is 507 g/mol. The molecule has 2 aromatic heterocycles. The van der Waals surface area contributed by atoms with E-state index in [0.717, 1.165) is 0 Å². The van der Waals surface area contributed by atoms with E-state index in [0.29, 0.717) is 47.2 Å². The lowest BCUT2D eigenvalue weighted by Gasteiger charge is -2.14. The third kappa shape index (κ3) is 4.18. The number of carbonyl (C=O) groups excluding carboxylic acids is 1. The van der Waals surface area contributed by atoms with Gasteiger partial charge in [-0.3, -0.25) is 0 Å². The van der Waals surface area contributed by atoms with Crippen LogP contribution in [0.2, 0.25) is 0 Å². The fourth-order valence-electron chi connectivity index (χ4n) is 3.05. The van der Waals surface area contributed by atoms with Crippen molar-refractivity contribution in [2.24, 2.45) is 0 Å². The molecule has 0 aliphatic carbocycles. The number of thiophene rings is 1. The fraction of sp³-hybridized carbons (Fsp3) is 0.211. The molecule has 4 rings (SSSR count). The normalized spacial score (nSPS) is 14.0. The van der Waals surface area contributed by atoms with E-state index in [1.165, 1.54) is 11.3 Å². The maximum Gasteiger partial charge on any atom is 0.317 e. The van der Waals surface area contributed by atoms with Crippen LogP contribution in [0.5, 0.6) is 0 Å². The first-order chi connectivity index (χ1) is 14.5. The Morgan fingerprint density at radius 3 is 2.77 bits per heavy atom. The van der Waals surface area contributed by atoms with Gasteiger partial charge in [-0.1, -0.05) is 18.2 Å². The Kier molecular flexibility index (Phi) is 6.02. The number of halogens is 1. The van der Waals surface area contributed by atoms with Gasteiger partial charge >= 0.3 is 6.03 Å². The van der Waals surface area contributed by atoms with Crippen LogP contribution in [0.25, 0.3) is 10.6 Å². The van der Waals surface area contributed by atoms with Crippen LogP contribution in [-0.4, -0.2) is 55.5 Å². The van der Waals surface area contributed by atoms with E-state index in [9.17, 15) is 13.2 Å². The highest BCUT2D eigenvalue weighted by molar-refractivity contribution is 9.10. The Morgan fingerprint density at radius 1 is 1.23 bits per heavy atom. The van der Waals surface area contributed by atoms with Crippen molar-refractivity contribution < 1.29 is 13.2 Å². The van der Waals surface area contributed by atoms with Gasteiger partial charge in [-0.25, -0.2) is 23.2 Å². The van der Waals surface area contributed by atoms with Crippen molar-refractivity contribution in [1.82, 2.24) is 20.2 Å². The Labute approximate surface area is 186 Å². The lowest BCUT2D eigenvalue weighted by molar-refractivity contribution is 0.219. The molecule has 0 unspecified atom stereocenters. The van der Waals surface area contributed by atoms with E-state index in [-0.39, 0.29) is 15.8 Å². The summed E-state index contributed by atoms with van der Waals surface area (Å²) in [6.07, 6.45) is 1.59. The van der Waals surface area contributed by atoms with E-state index in [1.54, 1.807) is 52.9 Å². The first kappa shape index (κ1) is 20.8. The van der Waals surface area contributed by atoms with Crippen LogP contribution in [0, 0.1) is 0 Å². The molecule has 0 spiro atoms. The Morgan fingerprint density at radius 2 is 2.03 bits per heavy atom. The van der Waals surface area contributed by atoms with Crippen LogP contribution in [0.1, 0.15) is 0 Å². The Hall–Kier alpha value is -2.50. The van der Waals surface area contributed by atoms with Crippen LogP contribution >= 0.6 is 27.3 Å². The van der Waals surface area contributed by atoms with Crippen molar-refractivity contribution in [3.63, 3.8) is 0 Å². The third-order valence-electron chi connectivity index (χ3n) is 4.54. The highest BCUT2D eigenvalue weighted by Crippen LogP contribution is 2.38. The predicted molar refractivity (Wildman–Crippen MR) is 118 cm³/mol. The van der Waals surface area contributed by atoms with Gasteiger partial charge in [-0.05, 0) is 39.5 Å². The maximum atomic E-state index is 13.1. The number of carbonyl (C=O) groups is 1.